The average Bonchev–Trinajstić information content (AvgIpc) is 2.51. The van der Waals surface area contributed by atoms with Gasteiger partial charge >= 0.3 is 5.97 Å². The van der Waals surface area contributed by atoms with Crippen molar-refractivity contribution in [1.82, 2.24) is 10.0 Å². The minimum atomic E-state index is -1.13. The van der Waals surface area contributed by atoms with E-state index in [1.807, 2.05) is 0 Å². The molecule has 0 radical (unpaired) electrons. The normalized spacial score (nSPS) is 14.4. The number of rotatable bonds is 2. The number of carbonyl (C=O) groups is 3. The zero-order valence-electron chi connectivity index (χ0n) is 9.30. The molecule has 6 nitrogen and oxygen atoms in total. The van der Waals surface area contributed by atoms with Crippen LogP contribution in [0.3, 0.4) is 0 Å². The predicted molar refractivity (Wildman–Crippen MR) is 57.6 cm³/mol. The largest absolute Gasteiger partial charge is 0.478 e. The van der Waals surface area contributed by atoms with Crippen LogP contribution in [0.2, 0.25) is 0 Å². The van der Waals surface area contributed by atoms with E-state index in [4.69, 9.17) is 5.11 Å². The van der Waals surface area contributed by atoms with Crippen LogP contribution in [0.1, 0.15) is 31.1 Å². The Morgan fingerprint density at radius 1 is 1.18 bits per heavy atom. The fraction of sp³-hybridized carbons (Fsp3) is 0.182. The summed E-state index contributed by atoms with van der Waals surface area (Å²) in [6.07, 6.45) is 0. The molecule has 0 aliphatic carbocycles. The molecule has 0 fully saturated rings. The van der Waals surface area contributed by atoms with Gasteiger partial charge in [0.05, 0.1) is 16.7 Å². The van der Waals surface area contributed by atoms with Gasteiger partial charge in [0.25, 0.3) is 11.8 Å². The molecule has 0 spiro atoms. The molecule has 1 heterocycles. The second-order valence-corrected chi connectivity index (χ2v) is 3.83. The van der Waals surface area contributed by atoms with Crippen molar-refractivity contribution in [2.45, 2.75) is 0 Å². The Kier molecular flexibility index (Phi) is 2.44. The third kappa shape index (κ3) is 1.58. The number of nitrogens with zero attached hydrogens (tertiary/aromatic N) is 2. The highest BCUT2D eigenvalue weighted by molar-refractivity contribution is 6.21. The molecule has 1 aliphatic heterocycles. The van der Waals surface area contributed by atoms with Gasteiger partial charge in [0.1, 0.15) is 0 Å². The van der Waals surface area contributed by atoms with Gasteiger partial charge in [-0.25, -0.2) is 14.8 Å². The third-order valence-electron chi connectivity index (χ3n) is 2.51. The number of hydrogen-bond acceptors (Lipinski definition) is 4. The van der Waals surface area contributed by atoms with Crippen LogP contribution in [-0.2, 0) is 0 Å². The lowest BCUT2D eigenvalue weighted by atomic mass is 10.1. The molecular weight excluding hydrogens is 224 g/mol. The van der Waals surface area contributed by atoms with E-state index < -0.39 is 17.8 Å². The Bertz CT molecular complexity index is 536. The summed E-state index contributed by atoms with van der Waals surface area (Å²) in [5.41, 5.74) is 0.350. The Morgan fingerprint density at radius 2 is 1.76 bits per heavy atom. The molecule has 17 heavy (non-hydrogen) atoms. The molecule has 2 rings (SSSR count). The fourth-order valence-electron chi connectivity index (χ4n) is 1.72. The molecule has 0 unspecified atom stereocenters. The van der Waals surface area contributed by atoms with Crippen LogP contribution >= 0.6 is 0 Å². The van der Waals surface area contributed by atoms with Gasteiger partial charge < -0.3 is 5.11 Å². The van der Waals surface area contributed by atoms with Crippen LogP contribution in [0.15, 0.2) is 18.2 Å². The summed E-state index contributed by atoms with van der Waals surface area (Å²) in [6, 6.07) is 3.90. The van der Waals surface area contributed by atoms with E-state index in [-0.39, 0.29) is 16.7 Å². The van der Waals surface area contributed by atoms with E-state index >= 15 is 0 Å². The van der Waals surface area contributed by atoms with E-state index in [0.29, 0.717) is 0 Å². The molecule has 1 N–H and O–H groups in total. The van der Waals surface area contributed by atoms with Crippen molar-refractivity contribution in [3.8, 4) is 0 Å². The van der Waals surface area contributed by atoms with Crippen LogP contribution in [0.4, 0.5) is 0 Å². The summed E-state index contributed by atoms with van der Waals surface area (Å²) in [6.45, 7) is 0. The van der Waals surface area contributed by atoms with Crippen molar-refractivity contribution < 1.29 is 19.5 Å². The Hall–Kier alpha value is -2.21. The summed E-state index contributed by atoms with van der Waals surface area (Å²) in [5, 5.41) is 11.2. The first-order valence-electron chi connectivity index (χ1n) is 4.87. The highest BCUT2D eigenvalue weighted by Crippen LogP contribution is 2.24. The number of aromatic carboxylic acids is 1. The molecule has 1 aromatic rings. The molecule has 0 bridgehead atoms. The maximum Gasteiger partial charge on any atom is 0.335 e. The summed E-state index contributed by atoms with van der Waals surface area (Å²) in [7, 11) is 3.14. The summed E-state index contributed by atoms with van der Waals surface area (Å²) >= 11 is 0. The molecule has 0 atom stereocenters. The first-order chi connectivity index (χ1) is 7.93. The van der Waals surface area contributed by atoms with Crippen molar-refractivity contribution in [1.29, 1.82) is 0 Å². The van der Waals surface area contributed by atoms with Crippen LogP contribution in [0.25, 0.3) is 0 Å². The summed E-state index contributed by atoms with van der Waals surface area (Å²) in [5.74, 6) is -2.07. The van der Waals surface area contributed by atoms with Crippen molar-refractivity contribution in [3.63, 3.8) is 0 Å². The van der Waals surface area contributed by atoms with E-state index in [1.54, 1.807) is 14.1 Å². The number of hydrazine groups is 1. The third-order valence-corrected chi connectivity index (χ3v) is 2.51. The van der Waals surface area contributed by atoms with Crippen molar-refractivity contribution in [3.05, 3.63) is 34.9 Å². The smallest absolute Gasteiger partial charge is 0.335 e. The molecule has 1 aromatic carbocycles. The molecule has 1 aliphatic rings. The van der Waals surface area contributed by atoms with Gasteiger partial charge in [0, 0.05) is 14.1 Å². The topological polar surface area (TPSA) is 77.9 Å². The molecular formula is C11H10N2O4. The number of benzene rings is 1. The molecule has 0 saturated heterocycles. The predicted octanol–water partition coefficient (Wildman–Crippen LogP) is 0.457. The molecule has 0 saturated carbocycles. The zero-order valence-corrected chi connectivity index (χ0v) is 9.30. The van der Waals surface area contributed by atoms with Gasteiger partial charge in [-0.1, -0.05) is 0 Å². The van der Waals surface area contributed by atoms with Crippen molar-refractivity contribution >= 4 is 17.8 Å². The van der Waals surface area contributed by atoms with Crippen molar-refractivity contribution in [2.24, 2.45) is 0 Å². The van der Waals surface area contributed by atoms with E-state index in [2.05, 4.69) is 0 Å². The number of carboxylic acids is 1. The second-order valence-electron chi connectivity index (χ2n) is 3.83. The maximum atomic E-state index is 11.9. The van der Waals surface area contributed by atoms with Gasteiger partial charge in [-0.2, -0.15) is 0 Å². The zero-order chi connectivity index (χ0) is 12.7. The number of imide groups is 1. The maximum absolute atomic E-state index is 11.9. The van der Waals surface area contributed by atoms with Gasteiger partial charge in [-0.05, 0) is 18.2 Å². The Labute approximate surface area is 97.0 Å². The minimum absolute atomic E-state index is 0.00879. The monoisotopic (exact) mass is 234 g/mol. The number of carboxylic acid groups (broad SMARTS) is 1. The lowest BCUT2D eigenvalue weighted by Crippen LogP contribution is -2.41. The van der Waals surface area contributed by atoms with Crippen molar-refractivity contribution in [2.75, 3.05) is 14.1 Å². The second kappa shape index (κ2) is 3.67. The highest BCUT2D eigenvalue weighted by Gasteiger charge is 2.37. The minimum Gasteiger partial charge on any atom is -0.478 e. The molecule has 6 heteroatoms. The number of amides is 2. The first kappa shape index (κ1) is 11.3. The SMILES string of the molecule is CN(C)N1C(=O)c2ccc(C(=O)O)cc2C1=O. The van der Waals surface area contributed by atoms with Crippen LogP contribution in [-0.4, -0.2) is 47.0 Å². The van der Waals surface area contributed by atoms with E-state index in [1.165, 1.54) is 23.2 Å². The van der Waals surface area contributed by atoms with Gasteiger partial charge in [0.15, 0.2) is 0 Å². The Balaban J connectivity index is 2.54. The lowest BCUT2D eigenvalue weighted by Gasteiger charge is -2.20. The van der Waals surface area contributed by atoms with Crippen LogP contribution in [0, 0.1) is 0 Å². The number of fused-ring (bicyclic) bond motifs is 1. The number of carbonyl (C=O) groups excluding carboxylic acids is 2. The first-order valence-corrected chi connectivity index (χ1v) is 4.87. The Morgan fingerprint density at radius 3 is 2.29 bits per heavy atom. The standard InChI is InChI=1S/C11H10N2O4/c1-12(2)13-9(14)7-4-3-6(11(16)17)5-8(7)10(13)15/h3-5H,1-2H3,(H,16,17). The van der Waals surface area contributed by atoms with Gasteiger partial charge in [0.2, 0.25) is 0 Å². The lowest BCUT2D eigenvalue weighted by molar-refractivity contribution is 0.0234. The van der Waals surface area contributed by atoms with E-state index in [0.717, 1.165) is 5.01 Å². The van der Waals surface area contributed by atoms with Gasteiger partial charge in [-0.15, -0.1) is 0 Å². The van der Waals surface area contributed by atoms with E-state index in [9.17, 15) is 14.4 Å². The van der Waals surface area contributed by atoms with Crippen LogP contribution < -0.4 is 0 Å². The van der Waals surface area contributed by atoms with Gasteiger partial charge in [-0.3, -0.25) is 9.59 Å². The quantitative estimate of drug-likeness (QED) is 0.752. The number of hydrogen-bond donors (Lipinski definition) is 1. The molecule has 2 amide bonds. The molecule has 0 aromatic heterocycles. The fourth-order valence-corrected chi connectivity index (χ4v) is 1.72. The molecule has 88 valence electrons. The highest BCUT2D eigenvalue weighted by atomic mass is 16.4. The average molecular weight is 234 g/mol. The summed E-state index contributed by atoms with van der Waals surface area (Å²) in [4.78, 5) is 34.5. The van der Waals surface area contributed by atoms with Crippen LogP contribution in [0.5, 0.6) is 0 Å². The summed E-state index contributed by atoms with van der Waals surface area (Å²) < 4.78 is 0.